The molecular weight excluding hydrogens is 352 g/mol. The predicted molar refractivity (Wildman–Crippen MR) is 122 cm³/mol. The molecule has 0 saturated carbocycles. The highest BCUT2D eigenvalue weighted by Crippen LogP contribution is 2.38. The fraction of sp³-hybridized carbons (Fsp3) is 0. The lowest BCUT2D eigenvalue weighted by Crippen LogP contribution is -1.86. The summed E-state index contributed by atoms with van der Waals surface area (Å²) in [5.74, 6) is 0. The van der Waals surface area contributed by atoms with Crippen LogP contribution in [-0.2, 0) is 0 Å². The molecule has 0 aliphatic carbocycles. The Balaban J connectivity index is 1.61. The van der Waals surface area contributed by atoms with Crippen LogP contribution in [0.4, 0.5) is 0 Å². The first kappa shape index (κ1) is 16.1. The number of rotatable bonds is 2. The molecule has 0 unspecified atom stereocenters. The van der Waals surface area contributed by atoms with E-state index in [4.69, 9.17) is 4.42 Å². The van der Waals surface area contributed by atoms with Gasteiger partial charge in [0.15, 0.2) is 0 Å². The van der Waals surface area contributed by atoms with E-state index >= 15 is 0 Å². The second-order valence-corrected chi connectivity index (χ2v) is 7.38. The van der Waals surface area contributed by atoms with Crippen molar-refractivity contribution in [1.29, 1.82) is 0 Å². The summed E-state index contributed by atoms with van der Waals surface area (Å²) in [5, 5.41) is 4.86. The molecule has 0 bridgehead atoms. The van der Waals surface area contributed by atoms with Gasteiger partial charge in [-0.1, -0.05) is 91.0 Å². The van der Waals surface area contributed by atoms with Crippen molar-refractivity contribution in [3.8, 4) is 22.3 Å². The van der Waals surface area contributed by atoms with Crippen molar-refractivity contribution in [3.05, 3.63) is 109 Å². The number of furan rings is 1. The summed E-state index contributed by atoms with van der Waals surface area (Å²) in [6.07, 6.45) is 0. The van der Waals surface area contributed by atoms with Crippen LogP contribution in [0.5, 0.6) is 0 Å². The maximum Gasteiger partial charge on any atom is 0.135 e. The van der Waals surface area contributed by atoms with Gasteiger partial charge in [0.1, 0.15) is 11.2 Å². The summed E-state index contributed by atoms with van der Waals surface area (Å²) in [5.41, 5.74) is 6.82. The molecule has 0 radical (unpaired) electrons. The minimum absolute atomic E-state index is 0.931. The van der Waals surface area contributed by atoms with Crippen LogP contribution < -0.4 is 0 Å². The van der Waals surface area contributed by atoms with Crippen molar-refractivity contribution >= 4 is 32.7 Å². The van der Waals surface area contributed by atoms with E-state index in [0.29, 0.717) is 0 Å². The first-order valence-electron chi connectivity index (χ1n) is 9.87. The number of hydrogen-bond donors (Lipinski definition) is 0. The van der Waals surface area contributed by atoms with Crippen molar-refractivity contribution in [1.82, 2.24) is 0 Å². The normalized spacial score (nSPS) is 11.4. The van der Waals surface area contributed by atoms with Gasteiger partial charge in [0, 0.05) is 10.8 Å². The Kier molecular flexibility index (Phi) is 3.54. The Labute approximate surface area is 168 Å². The van der Waals surface area contributed by atoms with Crippen molar-refractivity contribution in [3.63, 3.8) is 0 Å². The van der Waals surface area contributed by atoms with E-state index in [0.717, 1.165) is 21.9 Å². The third-order valence-corrected chi connectivity index (χ3v) is 5.70. The van der Waals surface area contributed by atoms with Gasteiger partial charge >= 0.3 is 0 Å². The summed E-state index contributed by atoms with van der Waals surface area (Å²) in [6, 6.07) is 38.5. The molecule has 1 nitrogen and oxygen atoms in total. The molecule has 0 aliphatic heterocycles. The molecule has 1 heterocycles. The molecule has 1 aromatic heterocycles. The van der Waals surface area contributed by atoms with Gasteiger partial charge in [-0.2, -0.15) is 0 Å². The molecule has 0 atom stereocenters. The SMILES string of the molecule is c1ccc(-c2ccc(-c3ccc4oc5ccccc5c4c3)c3ccccc23)cc1. The summed E-state index contributed by atoms with van der Waals surface area (Å²) >= 11 is 0. The zero-order valence-electron chi connectivity index (χ0n) is 15.8. The molecular formula is C28H18O. The molecule has 5 aromatic carbocycles. The number of fused-ring (bicyclic) bond motifs is 4. The van der Waals surface area contributed by atoms with Gasteiger partial charge in [-0.25, -0.2) is 0 Å². The zero-order valence-corrected chi connectivity index (χ0v) is 15.8. The molecule has 0 spiro atoms. The average molecular weight is 370 g/mol. The van der Waals surface area contributed by atoms with Crippen molar-refractivity contribution in [2.24, 2.45) is 0 Å². The quantitative estimate of drug-likeness (QED) is 0.300. The number of para-hydroxylation sites is 1. The maximum absolute atomic E-state index is 6.01. The van der Waals surface area contributed by atoms with Crippen LogP contribution >= 0.6 is 0 Å². The van der Waals surface area contributed by atoms with Gasteiger partial charge < -0.3 is 4.42 Å². The van der Waals surface area contributed by atoms with E-state index in [9.17, 15) is 0 Å². The van der Waals surface area contributed by atoms with Gasteiger partial charge in [0.2, 0.25) is 0 Å². The lowest BCUT2D eigenvalue weighted by atomic mass is 9.92. The molecule has 0 N–H and O–H groups in total. The molecule has 29 heavy (non-hydrogen) atoms. The third-order valence-electron chi connectivity index (χ3n) is 5.70. The first-order chi connectivity index (χ1) is 14.4. The molecule has 0 aliphatic rings. The topological polar surface area (TPSA) is 13.1 Å². The molecule has 6 rings (SSSR count). The summed E-state index contributed by atoms with van der Waals surface area (Å²) < 4.78 is 6.01. The average Bonchev–Trinajstić information content (AvgIpc) is 3.17. The standard InChI is InChI=1S/C28H18O/c1-2-8-19(9-3-1)21-15-16-22(24-11-5-4-10-23(21)24)20-14-17-28-26(18-20)25-12-6-7-13-27(25)29-28/h1-18H. The van der Waals surface area contributed by atoms with Gasteiger partial charge in [0.05, 0.1) is 0 Å². The fourth-order valence-corrected chi connectivity index (χ4v) is 4.31. The molecule has 0 amide bonds. The van der Waals surface area contributed by atoms with E-state index in [2.05, 4.69) is 97.1 Å². The fourth-order valence-electron chi connectivity index (χ4n) is 4.31. The summed E-state index contributed by atoms with van der Waals surface area (Å²) in [7, 11) is 0. The minimum Gasteiger partial charge on any atom is -0.456 e. The predicted octanol–water partition coefficient (Wildman–Crippen LogP) is 8.07. The lowest BCUT2D eigenvalue weighted by molar-refractivity contribution is 0.669. The van der Waals surface area contributed by atoms with E-state index in [-0.39, 0.29) is 0 Å². The lowest BCUT2D eigenvalue weighted by Gasteiger charge is -2.12. The first-order valence-corrected chi connectivity index (χ1v) is 9.87. The molecule has 1 heteroatoms. The van der Waals surface area contributed by atoms with Crippen LogP contribution in [0.25, 0.3) is 55.0 Å². The highest BCUT2D eigenvalue weighted by molar-refractivity contribution is 6.09. The third kappa shape index (κ3) is 2.55. The second kappa shape index (κ2) is 6.35. The Morgan fingerprint density at radius 2 is 0.966 bits per heavy atom. The van der Waals surface area contributed by atoms with Crippen molar-refractivity contribution in [2.45, 2.75) is 0 Å². The monoisotopic (exact) mass is 370 g/mol. The Morgan fingerprint density at radius 1 is 0.379 bits per heavy atom. The molecule has 6 aromatic rings. The van der Waals surface area contributed by atoms with Crippen LogP contribution in [0.2, 0.25) is 0 Å². The molecule has 0 fully saturated rings. The van der Waals surface area contributed by atoms with Crippen LogP contribution in [0, 0.1) is 0 Å². The second-order valence-electron chi connectivity index (χ2n) is 7.38. The van der Waals surface area contributed by atoms with Crippen LogP contribution in [0.3, 0.4) is 0 Å². The molecule has 136 valence electrons. The van der Waals surface area contributed by atoms with E-state index in [1.54, 1.807) is 0 Å². The highest BCUT2D eigenvalue weighted by Gasteiger charge is 2.12. The Bertz CT molecular complexity index is 1490. The van der Waals surface area contributed by atoms with Crippen molar-refractivity contribution < 1.29 is 4.42 Å². The van der Waals surface area contributed by atoms with Crippen LogP contribution in [0.1, 0.15) is 0 Å². The highest BCUT2D eigenvalue weighted by atomic mass is 16.3. The van der Waals surface area contributed by atoms with E-state index in [1.165, 1.54) is 33.0 Å². The maximum atomic E-state index is 6.01. The van der Waals surface area contributed by atoms with Gasteiger partial charge in [-0.05, 0) is 51.2 Å². The largest absolute Gasteiger partial charge is 0.456 e. The number of hydrogen-bond acceptors (Lipinski definition) is 1. The zero-order chi connectivity index (χ0) is 19.2. The number of benzene rings is 5. The van der Waals surface area contributed by atoms with Crippen LogP contribution in [0.15, 0.2) is 114 Å². The summed E-state index contributed by atoms with van der Waals surface area (Å²) in [4.78, 5) is 0. The van der Waals surface area contributed by atoms with Gasteiger partial charge in [-0.15, -0.1) is 0 Å². The van der Waals surface area contributed by atoms with Crippen LogP contribution in [-0.4, -0.2) is 0 Å². The minimum atomic E-state index is 0.931. The molecule has 0 saturated heterocycles. The van der Waals surface area contributed by atoms with Gasteiger partial charge in [0.25, 0.3) is 0 Å². The Hall–Kier alpha value is -3.84. The summed E-state index contributed by atoms with van der Waals surface area (Å²) in [6.45, 7) is 0. The van der Waals surface area contributed by atoms with Crippen molar-refractivity contribution in [2.75, 3.05) is 0 Å². The van der Waals surface area contributed by atoms with E-state index in [1.807, 2.05) is 12.1 Å². The van der Waals surface area contributed by atoms with E-state index < -0.39 is 0 Å². The smallest absolute Gasteiger partial charge is 0.135 e. The van der Waals surface area contributed by atoms with Gasteiger partial charge in [-0.3, -0.25) is 0 Å². The Morgan fingerprint density at radius 3 is 1.72 bits per heavy atom.